The van der Waals surface area contributed by atoms with Gasteiger partial charge in [0.1, 0.15) is 0 Å². The molecule has 0 unspecified atom stereocenters. The molecule has 1 radical (unpaired) electrons. The van der Waals surface area contributed by atoms with Crippen LogP contribution in [0.2, 0.25) is 0 Å². The number of para-hydroxylation sites is 1. The Morgan fingerprint density at radius 1 is 1.42 bits per heavy atom. The fraction of sp³-hybridized carbons (Fsp3) is 0.125. The number of carboxylic acids is 1. The fourth-order valence-electron chi connectivity index (χ4n) is 0.873. The van der Waals surface area contributed by atoms with Crippen LogP contribution in [0.4, 0.5) is 0 Å². The lowest BCUT2D eigenvalue weighted by molar-refractivity contribution is -0.136. The third kappa shape index (κ3) is 1.66. The highest BCUT2D eigenvalue weighted by Gasteiger charge is 2.09. The third-order valence-corrected chi connectivity index (χ3v) is 1.42. The summed E-state index contributed by atoms with van der Waals surface area (Å²) in [6, 6.07) is 4.01. The minimum atomic E-state index is -1.07. The molecule has 0 saturated carbocycles. The van der Waals surface area contributed by atoms with Gasteiger partial charge in [0, 0.05) is 5.56 Å². The van der Waals surface area contributed by atoms with Crippen LogP contribution in [0.25, 0.3) is 0 Å². The Bertz CT molecular complexity index is 306. The molecule has 4 heteroatoms. The fourth-order valence-corrected chi connectivity index (χ4v) is 0.873. The molecule has 0 heterocycles. The predicted molar refractivity (Wildman–Crippen MR) is 39.6 cm³/mol. The first-order valence-electron chi connectivity index (χ1n) is 3.31. The maximum Gasteiger partial charge on any atom is 0.307 e. The lowest BCUT2D eigenvalue weighted by Crippen LogP contribution is -1.99. The lowest BCUT2D eigenvalue weighted by atomic mass is 10.1. The van der Waals surface area contributed by atoms with Crippen LogP contribution in [-0.2, 0) is 16.3 Å². The van der Waals surface area contributed by atoms with E-state index in [0.29, 0.717) is 0 Å². The Labute approximate surface area is 68.7 Å². The van der Waals surface area contributed by atoms with E-state index in [1.807, 2.05) is 0 Å². The summed E-state index contributed by atoms with van der Waals surface area (Å²) in [6.07, 6.45) is -0.331. The number of phenolic OH excluding ortho intramolecular Hbond substituents is 1. The van der Waals surface area contributed by atoms with Crippen molar-refractivity contribution in [1.29, 1.82) is 0 Å². The molecule has 1 rings (SSSR count). The molecule has 63 valence electrons. The van der Waals surface area contributed by atoms with Crippen molar-refractivity contribution in [3.63, 3.8) is 0 Å². The number of carbonyl (C=O) groups is 1. The van der Waals surface area contributed by atoms with Crippen LogP contribution in [-0.4, -0.2) is 16.2 Å². The summed E-state index contributed by atoms with van der Waals surface area (Å²) >= 11 is 0. The molecule has 0 spiro atoms. The molecule has 4 nitrogen and oxygen atoms in total. The molecule has 0 aromatic heterocycles. The minimum Gasteiger partial charge on any atom is -0.504 e. The zero-order valence-electron chi connectivity index (χ0n) is 6.15. The van der Waals surface area contributed by atoms with Gasteiger partial charge in [-0.3, -0.25) is 9.90 Å². The van der Waals surface area contributed by atoms with E-state index in [0.717, 1.165) is 0 Å². The molecular formula is C8H7O4. The zero-order valence-corrected chi connectivity index (χ0v) is 6.15. The summed E-state index contributed by atoms with van der Waals surface area (Å²) in [4.78, 5) is 10.2. The van der Waals surface area contributed by atoms with Gasteiger partial charge in [0.05, 0.1) is 6.42 Å². The average molecular weight is 167 g/mol. The predicted octanol–water partition coefficient (Wildman–Crippen LogP) is 1.16. The van der Waals surface area contributed by atoms with Gasteiger partial charge in [-0.15, -0.1) is 0 Å². The molecule has 12 heavy (non-hydrogen) atoms. The SMILES string of the molecule is [O]c1cccc(CC(=O)O)c1O. The van der Waals surface area contributed by atoms with Gasteiger partial charge in [0.25, 0.3) is 0 Å². The van der Waals surface area contributed by atoms with E-state index in [4.69, 9.17) is 10.2 Å². The number of aliphatic carboxylic acids is 1. The van der Waals surface area contributed by atoms with E-state index < -0.39 is 17.5 Å². The van der Waals surface area contributed by atoms with E-state index in [1.165, 1.54) is 18.2 Å². The van der Waals surface area contributed by atoms with Crippen LogP contribution >= 0.6 is 0 Å². The van der Waals surface area contributed by atoms with E-state index in [9.17, 15) is 9.90 Å². The summed E-state index contributed by atoms with van der Waals surface area (Å²) in [7, 11) is 0. The molecule has 1 aromatic carbocycles. The number of aromatic hydroxyl groups is 1. The molecule has 2 N–H and O–H groups in total. The number of benzene rings is 1. The number of phenols is 1. The van der Waals surface area contributed by atoms with Gasteiger partial charge in [-0.25, -0.2) is 0 Å². The van der Waals surface area contributed by atoms with Crippen molar-refractivity contribution in [2.75, 3.05) is 0 Å². The summed E-state index contributed by atoms with van der Waals surface area (Å²) in [5.74, 6) is -2.09. The summed E-state index contributed by atoms with van der Waals surface area (Å²) < 4.78 is 0. The van der Waals surface area contributed by atoms with Crippen LogP contribution < -0.4 is 0 Å². The van der Waals surface area contributed by atoms with Crippen molar-refractivity contribution in [2.45, 2.75) is 6.42 Å². The third-order valence-electron chi connectivity index (χ3n) is 1.42. The number of hydrogen-bond donors (Lipinski definition) is 2. The standard InChI is InChI=1S/C8H7O4/c9-6-3-1-2-5(8(6)12)4-7(10)11/h1-3,12H,4H2,(H,10,11). The van der Waals surface area contributed by atoms with E-state index >= 15 is 0 Å². The highest BCUT2D eigenvalue weighted by molar-refractivity contribution is 5.71. The van der Waals surface area contributed by atoms with Gasteiger partial charge in [0.2, 0.25) is 5.75 Å². The van der Waals surface area contributed by atoms with Gasteiger partial charge in [-0.1, -0.05) is 12.1 Å². The first-order chi connectivity index (χ1) is 5.61. The Morgan fingerprint density at radius 2 is 2.08 bits per heavy atom. The number of hydrogen-bond acceptors (Lipinski definition) is 2. The van der Waals surface area contributed by atoms with Crippen LogP contribution in [0.1, 0.15) is 5.56 Å². The van der Waals surface area contributed by atoms with Gasteiger partial charge in [-0.2, -0.15) is 0 Å². The quantitative estimate of drug-likeness (QED) is 0.693. The number of rotatable bonds is 2. The van der Waals surface area contributed by atoms with Crippen LogP contribution in [0, 0.1) is 0 Å². The van der Waals surface area contributed by atoms with E-state index in [-0.39, 0.29) is 12.0 Å². The summed E-state index contributed by atoms with van der Waals surface area (Å²) in [6.45, 7) is 0. The topological polar surface area (TPSA) is 77.4 Å². The molecule has 0 saturated heterocycles. The second-order valence-electron chi connectivity index (χ2n) is 2.33. The second-order valence-corrected chi connectivity index (χ2v) is 2.33. The largest absolute Gasteiger partial charge is 0.504 e. The molecule has 0 aliphatic heterocycles. The molecular weight excluding hydrogens is 160 g/mol. The van der Waals surface area contributed by atoms with E-state index in [2.05, 4.69) is 0 Å². The molecule has 0 atom stereocenters. The highest BCUT2D eigenvalue weighted by atomic mass is 16.4. The van der Waals surface area contributed by atoms with Crippen molar-refractivity contribution >= 4 is 5.97 Å². The second kappa shape index (κ2) is 3.13. The van der Waals surface area contributed by atoms with E-state index in [1.54, 1.807) is 0 Å². The molecule has 0 aliphatic carbocycles. The molecule has 0 fully saturated rings. The van der Waals surface area contributed by atoms with Gasteiger partial charge >= 0.3 is 5.97 Å². The monoisotopic (exact) mass is 167 g/mol. The first kappa shape index (κ1) is 8.39. The first-order valence-corrected chi connectivity index (χ1v) is 3.31. The Morgan fingerprint density at radius 3 is 2.67 bits per heavy atom. The Kier molecular flexibility index (Phi) is 2.19. The molecule has 0 bridgehead atoms. The molecule has 0 aliphatic rings. The smallest absolute Gasteiger partial charge is 0.307 e. The van der Waals surface area contributed by atoms with Crippen LogP contribution in [0.15, 0.2) is 18.2 Å². The maximum absolute atomic E-state index is 10.8. The van der Waals surface area contributed by atoms with Gasteiger partial charge in [-0.05, 0) is 6.07 Å². The van der Waals surface area contributed by atoms with Crippen molar-refractivity contribution in [2.24, 2.45) is 0 Å². The van der Waals surface area contributed by atoms with Crippen LogP contribution in [0.5, 0.6) is 11.5 Å². The van der Waals surface area contributed by atoms with Crippen molar-refractivity contribution in [1.82, 2.24) is 0 Å². The maximum atomic E-state index is 10.8. The van der Waals surface area contributed by atoms with Crippen molar-refractivity contribution in [3.05, 3.63) is 23.8 Å². The Balaban J connectivity index is 3.00. The Hall–Kier alpha value is -1.71. The van der Waals surface area contributed by atoms with Gasteiger partial charge in [0.15, 0.2) is 5.75 Å². The minimum absolute atomic E-state index is 0.148. The average Bonchev–Trinajstić information content (AvgIpc) is 1.98. The molecule has 1 aromatic rings. The normalized spacial score (nSPS) is 9.67. The van der Waals surface area contributed by atoms with Crippen molar-refractivity contribution < 1.29 is 20.1 Å². The van der Waals surface area contributed by atoms with Gasteiger partial charge < -0.3 is 10.2 Å². The summed E-state index contributed by atoms with van der Waals surface area (Å²) in [5, 5.41) is 28.2. The zero-order chi connectivity index (χ0) is 9.14. The molecule has 0 amide bonds. The highest BCUT2D eigenvalue weighted by Crippen LogP contribution is 2.28. The lowest BCUT2D eigenvalue weighted by Gasteiger charge is -2.00. The summed E-state index contributed by atoms with van der Waals surface area (Å²) in [5.41, 5.74) is 0.148. The van der Waals surface area contributed by atoms with Crippen LogP contribution in [0.3, 0.4) is 0 Å². The van der Waals surface area contributed by atoms with Crippen molar-refractivity contribution in [3.8, 4) is 11.5 Å². The number of carboxylic acid groups (broad SMARTS) is 1.